The molecule has 118 valence electrons. The van der Waals surface area contributed by atoms with E-state index in [2.05, 4.69) is 10.1 Å². The minimum atomic E-state index is -4.69. The molecule has 0 saturated carbocycles. The summed E-state index contributed by atoms with van der Waals surface area (Å²) in [4.78, 5) is 15.0. The fraction of sp³-hybridized carbons (Fsp3) is 0.133. The molecule has 2 aromatic heterocycles. The average molecular weight is 321 g/mol. The van der Waals surface area contributed by atoms with Crippen molar-refractivity contribution >= 4 is 11.6 Å². The molecule has 5 nitrogen and oxygen atoms in total. The first-order valence-electron chi connectivity index (χ1n) is 6.55. The number of rotatable bonds is 2. The lowest BCUT2D eigenvalue weighted by molar-refractivity contribution is -0.140. The van der Waals surface area contributed by atoms with E-state index in [4.69, 9.17) is 5.11 Å². The van der Waals surface area contributed by atoms with E-state index in [0.29, 0.717) is 5.56 Å². The average Bonchev–Trinajstić information content (AvgIpc) is 2.88. The molecule has 0 spiro atoms. The first-order valence-corrected chi connectivity index (χ1v) is 6.55. The zero-order valence-electron chi connectivity index (χ0n) is 11.8. The molecule has 0 aliphatic heterocycles. The first-order chi connectivity index (χ1) is 10.8. The Morgan fingerprint density at radius 1 is 1.22 bits per heavy atom. The Balaban J connectivity index is 2.42. The van der Waals surface area contributed by atoms with Crippen LogP contribution in [-0.2, 0) is 6.18 Å². The summed E-state index contributed by atoms with van der Waals surface area (Å²) in [5, 5.41) is 12.6. The number of halogens is 3. The third kappa shape index (κ3) is 2.41. The van der Waals surface area contributed by atoms with Gasteiger partial charge in [0.1, 0.15) is 0 Å². The van der Waals surface area contributed by atoms with Crippen LogP contribution in [0.25, 0.3) is 16.8 Å². The van der Waals surface area contributed by atoms with Gasteiger partial charge in [-0.25, -0.2) is 14.3 Å². The largest absolute Gasteiger partial charge is 0.478 e. The number of fused-ring (bicyclic) bond motifs is 1. The fourth-order valence-electron chi connectivity index (χ4n) is 2.37. The molecular weight excluding hydrogens is 311 g/mol. The lowest BCUT2D eigenvalue weighted by atomic mass is 10.1. The molecule has 23 heavy (non-hydrogen) atoms. The second kappa shape index (κ2) is 5.08. The van der Waals surface area contributed by atoms with Gasteiger partial charge in [-0.2, -0.15) is 18.3 Å². The number of hydrogen-bond donors (Lipinski definition) is 1. The Morgan fingerprint density at radius 2 is 1.87 bits per heavy atom. The number of alkyl halides is 3. The van der Waals surface area contributed by atoms with Gasteiger partial charge in [0, 0.05) is 6.20 Å². The summed E-state index contributed by atoms with van der Waals surface area (Å²) >= 11 is 0. The third-order valence-corrected chi connectivity index (χ3v) is 3.45. The number of carboxylic acids is 1. The van der Waals surface area contributed by atoms with Crippen LogP contribution in [0.2, 0.25) is 0 Å². The van der Waals surface area contributed by atoms with Crippen LogP contribution in [0.5, 0.6) is 0 Å². The van der Waals surface area contributed by atoms with E-state index < -0.39 is 17.8 Å². The molecule has 1 aromatic carbocycles. The van der Waals surface area contributed by atoms with Gasteiger partial charge in [0.2, 0.25) is 0 Å². The molecule has 0 radical (unpaired) electrons. The van der Waals surface area contributed by atoms with Crippen molar-refractivity contribution in [3.05, 3.63) is 53.5 Å². The molecular formula is C15H10F3N3O2. The molecule has 0 saturated heterocycles. The lowest BCUT2D eigenvalue weighted by Gasteiger charge is -2.06. The number of benzene rings is 1. The maximum absolute atomic E-state index is 13.3. The van der Waals surface area contributed by atoms with Gasteiger partial charge in [-0.1, -0.05) is 30.3 Å². The Morgan fingerprint density at radius 3 is 2.43 bits per heavy atom. The van der Waals surface area contributed by atoms with Gasteiger partial charge in [-0.15, -0.1) is 0 Å². The van der Waals surface area contributed by atoms with Gasteiger partial charge in [-0.05, 0) is 12.5 Å². The Kier molecular flexibility index (Phi) is 3.32. The molecule has 0 atom stereocenters. The van der Waals surface area contributed by atoms with Crippen LogP contribution in [-0.4, -0.2) is 25.7 Å². The van der Waals surface area contributed by atoms with E-state index in [0.717, 1.165) is 10.7 Å². The normalized spacial score (nSPS) is 11.8. The quantitative estimate of drug-likeness (QED) is 0.785. The summed E-state index contributed by atoms with van der Waals surface area (Å²) in [5.41, 5.74) is -1.11. The lowest BCUT2D eigenvalue weighted by Crippen LogP contribution is -2.09. The van der Waals surface area contributed by atoms with Gasteiger partial charge in [0.15, 0.2) is 11.3 Å². The van der Waals surface area contributed by atoms with Crippen LogP contribution < -0.4 is 0 Å². The molecule has 3 rings (SSSR count). The van der Waals surface area contributed by atoms with E-state index in [1.807, 2.05) is 0 Å². The van der Waals surface area contributed by atoms with Crippen molar-refractivity contribution in [1.29, 1.82) is 0 Å². The van der Waals surface area contributed by atoms with E-state index in [1.165, 1.54) is 19.1 Å². The number of carbonyl (C=O) groups is 1. The number of aryl methyl sites for hydroxylation is 1. The smallest absolute Gasteiger partial charge is 0.435 e. The summed E-state index contributed by atoms with van der Waals surface area (Å²) in [6.07, 6.45) is -3.64. The molecule has 2 heterocycles. The zero-order valence-corrected chi connectivity index (χ0v) is 11.8. The molecule has 0 amide bonds. The second-order valence-corrected chi connectivity index (χ2v) is 4.89. The molecule has 0 fully saturated rings. The minimum absolute atomic E-state index is 0.0361. The number of hydrogen-bond acceptors (Lipinski definition) is 3. The van der Waals surface area contributed by atoms with Gasteiger partial charge in [0.25, 0.3) is 0 Å². The van der Waals surface area contributed by atoms with E-state index in [9.17, 15) is 18.0 Å². The molecule has 0 aliphatic carbocycles. The van der Waals surface area contributed by atoms with Crippen LogP contribution >= 0.6 is 0 Å². The first kappa shape index (κ1) is 15.0. The fourth-order valence-corrected chi connectivity index (χ4v) is 2.37. The Labute approximate surface area is 128 Å². The van der Waals surface area contributed by atoms with Gasteiger partial charge in [-0.3, -0.25) is 0 Å². The van der Waals surface area contributed by atoms with Gasteiger partial charge >= 0.3 is 12.1 Å². The van der Waals surface area contributed by atoms with Gasteiger partial charge in [0.05, 0.1) is 16.8 Å². The second-order valence-electron chi connectivity index (χ2n) is 4.89. The van der Waals surface area contributed by atoms with Crippen molar-refractivity contribution in [3.63, 3.8) is 0 Å². The molecule has 0 aliphatic rings. The van der Waals surface area contributed by atoms with E-state index >= 15 is 0 Å². The Hall–Kier alpha value is -2.90. The van der Waals surface area contributed by atoms with Crippen molar-refractivity contribution in [2.45, 2.75) is 13.1 Å². The van der Waals surface area contributed by atoms with Crippen molar-refractivity contribution < 1.29 is 23.1 Å². The highest BCUT2D eigenvalue weighted by molar-refractivity contribution is 5.89. The highest BCUT2D eigenvalue weighted by Gasteiger charge is 2.39. The molecule has 3 aromatic rings. The van der Waals surface area contributed by atoms with Crippen LogP contribution in [0.15, 0.2) is 36.5 Å². The highest BCUT2D eigenvalue weighted by Crippen LogP contribution is 2.38. The zero-order chi connectivity index (χ0) is 16.8. The SMILES string of the molecule is Cc1c(C(=O)O)cnc2c(-c3ccccc3)c(C(F)(F)F)nn12. The molecule has 0 bridgehead atoms. The monoisotopic (exact) mass is 321 g/mol. The molecule has 1 N–H and O–H groups in total. The number of aromatic nitrogens is 3. The number of aromatic carboxylic acids is 1. The van der Waals surface area contributed by atoms with Crippen LogP contribution in [0.3, 0.4) is 0 Å². The van der Waals surface area contributed by atoms with Crippen LogP contribution in [0, 0.1) is 6.92 Å². The molecule has 8 heteroatoms. The van der Waals surface area contributed by atoms with Crippen molar-refractivity contribution in [3.8, 4) is 11.1 Å². The van der Waals surface area contributed by atoms with Crippen molar-refractivity contribution in [2.75, 3.05) is 0 Å². The van der Waals surface area contributed by atoms with Crippen molar-refractivity contribution in [2.24, 2.45) is 0 Å². The van der Waals surface area contributed by atoms with Crippen LogP contribution in [0.1, 0.15) is 21.7 Å². The maximum atomic E-state index is 13.3. The number of nitrogens with zero attached hydrogens (tertiary/aromatic N) is 3. The summed E-state index contributed by atoms with van der Waals surface area (Å²) in [7, 11) is 0. The van der Waals surface area contributed by atoms with Crippen LogP contribution in [0.4, 0.5) is 13.2 Å². The summed E-state index contributed by atoms with van der Waals surface area (Å²) < 4.78 is 41.0. The predicted molar refractivity (Wildman–Crippen MR) is 75.1 cm³/mol. The standard InChI is InChI=1S/C15H10F3N3O2/c1-8-10(14(22)23)7-19-13-11(9-5-3-2-4-6-9)12(15(16,17)18)20-21(8)13/h2-7H,1H3,(H,22,23). The topological polar surface area (TPSA) is 67.5 Å². The van der Waals surface area contributed by atoms with Gasteiger partial charge < -0.3 is 5.11 Å². The summed E-state index contributed by atoms with van der Waals surface area (Å²) in [6.45, 7) is 1.39. The van der Waals surface area contributed by atoms with E-state index in [1.54, 1.807) is 18.2 Å². The van der Waals surface area contributed by atoms with E-state index in [-0.39, 0.29) is 22.5 Å². The number of carboxylic acid groups (broad SMARTS) is 1. The minimum Gasteiger partial charge on any atom is -0.478 e. The predicted octanol–water partition coefficient (Wildman–Crippen LogP) is 3.42. The maximum Gasteiger partial charge on any atom is 0.435 e. The van der Waals surface area contributed by atoms with Crippen molar-refractivity contribution in [1.82, 2.24) is 14.6 Å². The Bertz CT molecular complexity index is 902. The third-order valence-electron chi connectivity index (χ3n) is 3.45. The molecule has 0 unspecified atom stereocenters. The summed E-state index contributed by atoms with van der Waals surface area (Å²) in [5.74, 6) is -1.28. The highest BCUT2D eigenvalue weighted by atomic mass is 19.4. The summed E-state index contributed by atoms with van der Waals surface area (Å²) in [6, 6.07) is 7.95.